The van der Waals surface area contributed by atoms with Crippen molar-refractivity contribution in [3.8, 4) is 33.6 Å². The highest BCUT2D eigenvalue weighted by Gasteiger charge is 2.40. The van der Waals surface area contributed by atoms with Gasteiger partial charge in [-0.15, -0.1) is 0 Å². The van der Waals surface area contributed by atoms with Crippen molar-refractivity contribution < 1.29 is 19.5 Å². The largest absolute Gasteiger partial charge is 0.465 e. The lowest BCUT2D eigenvalue weighted by Gasteiger charge is -2.33. The van der Waals surface area contributed by atoms with Crippen LogP contribution in [-0.4, -0.2) is 108 Å². The van der Waals surface area contributed by atoms with E-state index in [1.54, 1.807) is 11.1 Å². The Kier molecular flexibility index (Phi) is 11.1. The fourth-order valence-corrected chi connectivity index (χ4v) is 7.97. The molecule has 12 nitrogen and oxygen atoms in total. The maximum absolute atomic E-state index is 13.6. The number of carbonyl (C=O) groups is 3. The van der Waals surface area contributed by atoms with Crippen LogP contribution in [0.15, 0.2) is 60.9 Å². The first kappa shape index (κ1) is 36.8. The molecule has 6 rings (SSSR count). The maximum Gasteiger partial charge on any atom is 0.407 e. The number of carbonyl (C=O) groups excluding carboxylic acids is 2. The van der Waals surface area contributed by atoms with E-state index >= 15 is 0 Å². The van der Waals surface area contributed by atoms with Gasteiger partial charge in [-0.25, -0.2) is 14.8 Å². The van der Waals surface area contributed by atoms with Crippen molar-refractivity contribution in [1.29, 1.82) is 0 Å². The van der Waals surface area contributed by atoms with Crippen LogP contribution in [0.25, 0.3) is 33.6 Å². The van der Waals surface area contributed by atoms with E-state index in [9.17, 15) is 19.5 Å². The molecule has 3 N–H and O–H groups in total. The SMILES string of the molecule is CCN(CC)[C@H](C)C(=O)N1CCCC1c1ncc(-c2ccc(-c3ccc(-c4cnc([C@@H]5CCCN5C(=O)[C@H](C(C)C)N(C)C(=O)O)[nH]4)cc3)cc2)[nH]1. The molecule has 52 heavy (non-hydrogen) atoms. The van der Waals surface area contributed by atoms with Crippen LogP contribution in [0.5, 0.6) is 0 Å². The number of hydrogen-bond donors (Lipinski definition) is 3. The van der Waals surface area contributed by atoms with Crippen molar-refractivity contribution in [3.05, 3.63) is 72.6 Å². The smallest absolute Gasteiger partial charge is 0.407 e. The third-order valence-corrected chi connectivity index (χ3v) is 10.9. The van der Waals surface area contributed by atoms with Gasteiger partial charge >= 0.3 is 6.09 Å². The molecule has 2 aromatic carbocycles. The van der Waals surface area contributed by atoms with Crippen molar-refractivity contribution in [2.75, 3.05) is 33.2 Å². The first-order chi connectivity index (χ1) is 25.0. The van der Waals surface area contributed by atoms with Crippen LogP contribution in [0.3, 0.4) is 0 Å². The van der Waals surface area contributed by atoms with Gasteiger partial charge in [0, 0.05) is 20.1 Å². The van der Waals surface area contributed by atoms with Crippen LogP contribution in [0.1, 0.15) is 84.0 Å². The van der Waals surface area contributed by atoms with E-state index in [1.807, 2.05) is 31.9 Å². The van der Waals surface area contributed by atoms with E-state index in [0.717, 1.165) is 89.7 Å². The van der Waals surface area contributed by atoms with Crippen LogP contribution >= 0.6 is 0 Å². The normalized spacial score (nSPS) is 18.7. The predicted octanol–water partition coefficient (Wildman–Crippen LogP) is 6.83. The Bertz CT molecular complexity index is 1850. The summed E-state index contributed by atoms with van der Waals surface area (Å²) in [7, 11) is 1.46. The molecule has 2 saturated heterocycles. The summed E-state index contributed by atoms with van der Waals surface area (Å²) in [4.78, 5) is 62.1. The lowest BCUT2D eigenvalue weighted by atomic mass is 10.0. The fourth-order valence-electron chi connectivity index (χ4n) is 7.97. The summed E-state index contributed by atoms with van der Waals surface area (Å²) < 4.78 is 0. The lowest BCUT2D eigenvalue weighted by molar-refractivity contribution is -0.139. The van der Waals surface area contributed by atoms with Crippen molar-refractivity contribution in [2.45, 2.75) is 84.5 Å². The first-order valence-electron chi connectivity index (χ1n) is 18.6. The van der Waals surface area contributed by atoms with E-state index in [4.69, 9.17) is 4.98 Å². The number of hydrogen-bond acceptors (Lipinski definition) is 6. The molecule has 4 aromatic rings. The molecule has 2 aromatic heterocycles. The summed E-state index contributed by atoms with van der Waals surface area (Å²) in [6, 6.07) is 15.5. The summed E-state index contributed by atoms with van der Waals surface area (Å²) in [5, 5.41) is 9.57. The van der Waals surface area contributed by atoms with Crippen molar-refractivity contribution in [2.24, 2.45) is 5.92 Å². The number of nitrogens with one attached hydrogen (secondary N) is 2. The fraction of sp³-hybridized carbons (Fsp3) is 0.475. The van der Waals surface area contributed by atoms with E-state index < -0.39 is 12.1 Å². The zero-order valence-corrected chi connectivity index (χ0v) is 31.2. The molecule has 2 aliphatic heterocycles. The van der Waals surface area contributed by atoms with Crippen LogP contribution in [0.4, 0.5) is 4.79 Å². The maximum atomic E-state index is 13.6. The second-order valence-electron chi connectivity index (χ2n) is 14.4. The quantitative estimate of drug-likeness (QED) is 0.147. The van der Waals surface area contributed by atoms with Crippen LogP contribution in [0.2, 0.25) is 0 Å². The van der Waals surface area contributed by atoms with Gasteiger partial charge in [-0.05, 0) is 73.9 Å². The minimum Gasteiger partial charge on any atom is -0.465 e. The van der Waals surface area contributed by atoms with Gasteiger partial charge in [-0.3, -0.25) is 19.4 Å². The predicted molar refractivity (Wildman–Crippen MR) is 201 cm³/mol. The van der Waals surface area contributed by atoms with Crippen molar-refractivity contribution >= 4 is 17.9 Å². The molecule has 0 bridgehead atoms. The second-order valence-corrected chi connectivity index (χ2v) is 14.4. The second kappa shape index (κ2) is 15.7. The standard InChI is InChI=1S/C40H52N8O4/c1-7-46(8-2)26(5)38(49)47-21-9-11-33(47)36-41-23-31(43-36)29-17-13-27(14-18-29)28-15-19-30(20-16-28)32-24-42-37(44-32)34-12-10-22-48(34)39(50)35(25(3)4)45(6)40(51)52/h13-20,23-26,33-35H,7-12,21-22H2,1-6H3,(H,41,43)(H,42,44)(H,51,52)/t26-,33?,34+,35+/m1/s1. The minimum atomic E-state index is -1.11. The zero-order chi connectivity index (χ0) is 37.1. The number of aromatic amines is 2. The highest BCUT2D eigenvalue weighted by atomic mass is 16.4. The molecule has 3 amide bonds. The van der Waals surface area contributed by atoms with E-state index in [2.05, 4.69) is 82.2 Å². The topological polar surface area (TPSA) is 142 Å². The number of carboxylic acid groups (broad SMARTS) is 1. The Morgan fingerprint density at radius 1 is 0.750 bits per heavy atom. The van der Waals surface area contributed by atoms with E-state index in [1.165, 1.54) is 7.05 Å². The molecule has 4 atom stereocenters. The Labute approximate surface area is 306 Å². The first-order valence-corrected chi connectivity index (χ1v) is 18.6. The molecule has 276 valence electrons. The summed E-state index contributed by atoms with van der Waals surface area (Å²) in [5.41, 5.74) is 5.97. The van der Waals surface area contributed by atoms with Gasteiger partial charge in [-0.2, -0.15) is 0 Å². The molecule has 4 heterocycles. The Morgan fingerprint density at radius 3 is 1.58 bits per heavy atom. The van der Waals surface area contributed by atoms with Crippen LogP contribution in [-0.2, 0) is 9.59 Å². The average Bonchev–Trinajstić information content (AvgIpc) is 3.98. The lowest BCUT2D eigenvalue weighted by Crippen LogP contribution is -2.51. The van der Waals surface area contributed by atoms with Crippen molar-refractivity contribution in [3.63, 3.8) is 0 Å². The third kappa shape index (κ3) is 7.34. The molecule has 2 fully saturated rings. The number of H-pyrrole nitrogens is 2. The van der Waals surface area contributed by atoms with Gasteiger partial charge in [0.15, 0.2) is 0 Å². The molecule has 0 aliphatic carbocycles. The Balaban J connectivity index is 1.11. The number of nitrogens with zero attached hydrogens (tertiary/aromatic N) is 6. The van der Waals surface area contributed by atoms with E-state index in [0.29, 0.717) is 12.4 Å². The summed E-state index contributed by atoms with van der Waals surface area (Å²) >= 11 is 0. The monoisotopic (exact) mass is 708 g/mol. The number of benzene rings is 2. The Hall–Kier alpha value is -4.97. The number of likely N-dealkylation sites (tertiary alicyclic amines) is 2. The molecular formula is C40H52N8O4. The number of imidazole rings is 2. The molecular weight excluding hydrogens is 656 g/mol. The number of aromatic nitrogens is 4. The molecule has 0 saturated carbocycles. The number of amides is 3. The van der Waals surface area contributed by atoms with Gasteiger partial charge in [0.25, 0.3) is 0 Å². The third-order valence-electron chi connectivity index (χ3n) is 10.9. The minimum absolute atomic E-state index is 0.0364. The average molecular weight is 709 g/mol. The van der Waals surface area contributed by atoms with Gasteiger partial charge in [0.1, 0.15) is 17.7 Å². The van der Waals surface area contributed by atoms with Gasteiger partial charge in [0.05, 0.1) is 41.9 Å². The van der Waals surface area contributed by atoms with E-state index in [-0.39, 0.29) is 35.9 Å². The molecule has 2 aliphatic rings. The summed E-state index contributed by atoms with van der Waals surface area (Å²) in [5.74, 6) is 1.38. The molecule has 0 radical (unpaired) electrons. The molecule has 0 spiro atoms. The Morgan fingerprint density at radius 2 is 1.17 bits per heavy atom. The number of rotatable bonds is 12. The number of likely N-dealkylation sites (N-methyl/N-ethyl adjacent to an activating group) is 2. The van der Waals surface area contributed by atoms with Crippen LogP contribution < -0.4 is 0 Å². The zero-order valence-electron chi connectivity index (χ0n) is 31.2. The summed E-state index contributed by atoms with van der Waals surface area (Å²) in [6.07, 6.45) is 6.03. The van der Waals surface area contributed by atoms with Crippen LogP contribution in [0, 0.1) is 5.92 Å². The highest BCUT2D eigenvalue weighted by molar-refractivity contribution is 5.86. The van der Waals surface area contributed by atoms with Gasteiger partial charge < -0.3 is 24.9 Å². The molecule has 1 unspecified atom stereocenters. The van der Waals surface area contributed by atoms with Crippen molar-refractivity contribution in [1.82, 2.24) is 39.5 Å². The van der Waals surface area contributed by atoms with Gasteiger partial charge in [0.2, 0.25) is 11.8 Å². The summed E-state index contributed by atoms with van der Waals surface area (Å²) in [6.45, 7) is 13.0. The van der Waals surface area contributed by atoms with Gasteiger partial charge in [-0.1, -0.05) is 76.2 Å². The highest BCUT2D eigenvalue weighted by Crippen LogP contribution is 2.35. The molecule has 12 heteroatoms.